The molecule has 4 aliphatic carbocycles. The van der Waals surface area contributed by atoms with E-state index in [1.807, 2.05) is 91.1 Å². The highest BCUT2D eigenvalue weighted by molar-refractivity contribution is 5.82. The van der Waals surface area contributed by atoms with Crippen LogP contribution in [0.2, 0.25) is 0 Å². The Bertz CT molecular complexity index is 1590. The Morgan fingerprint density at radius 2 is 1.17 bits per heavy atom. The lowest BCUT2D eigenvalue weighted by atomic mass is 9.78. The zero-order chi connectivity index (χ0) is 28.1. The summed E-state index contributed by atoms with van der Waals surface area (Å²) >= 11 is 0. The van der Waals surface area contributed by atoms with E-state index < -0.39 is 11.6 Å². The van der Waals surface area contributed by atoms with E-state index in [4.69, 9.17) is 4.99 Å². The first kappa shape index (κ1) is 26.7. The van der Waals surface area contributed by atoms with Crippen molar-refractivity contribution in [2.24, 2.45) is 4.99 Å². The average Bonchev–Trinajstić information content (AvgIpc) is 3.02. The molecular formula is C38H35NO2. The van der Waals surface area contributed by atoms with Crippen molar-refractivity contribution in [1.29, 1.82) is 0 Å². The minimum atomic E-state index is -1.33. The van der Waals surface area contributed by atoms with E-state index in [9.17, 15) is 10.2 Å². The molecule has 2 N–H and O–H groups in total. The topological polar surface area (TPSA) is 52.8 Å². The molecule has 9 rings (SSSR count). The third kappa shape index (κ3) is 5.86. The molecule has 0 unspecified atom stereocenters. The van der Waals surface area contributed by atoms with Crippen LogP contribution in [0.4, 0.5) is 0 Å². The lowest BCUT2D eigenvalue weighted by molar-refractivity contribution is 0.0528. The molecule has 5 aromatic rings. The van der Waals surface area contributed by atoms with Crippen molar-refractivity contribution in [1.82, 2.24) is 0 Å². The number of phenols is 1. The number of rotatable bonds is 7. The smallest absolute Gasteiger partial charge is 0.137 e. The molecule has 4 aliphatic rings. The lowest BCUT2D eigenvalue weighted by Gasteiger charge is -2.35. The molecule has 0 amide bonds. The van der Waals surface area contributed by atoms with Gasteiger partial charge in [-0.05, 0) is 88.7 Å². The predicted molar refractivity (Wildman–Crippen MR) is 167 cm³/mol. The standard InChI is InChI=1S/C38H35NO2/c40-36-25-30-17-16-29-18-20-31(22-23-32(36)21-19-30)33(24-29)27-39-37(26-28-10-4-1-5-11-28)38(41,34-12-6-2-7-13-34)35-14-8-3-9-15-35/h1-15,18-21,24-25,27,37,40-41H,16-17,22-23,26H2/t37-/m0/s1. The Hall–Kier alpha value is -4.47. The van der Waals surface area contributed by atoms with Crippen molar-refractivity contribution in [2.45, 2.75) is 43.7 Å². The maximum atomic E-state index is 12.7. The minimum Gasteiger partial charge on any atom is -0.508 e. The lowest BCUT2D eigenvalue weighted by Crippen LogP contribution is -2.41. The van der Waals surface area contributed by atoms with Crippen LogP contribution < -0.4 is 0 Å². The number of aliphatic hydroxyl groups is 1. The quantitative estimate of drug-likeness (QED) is 0.215. The van der Waals surface area contributed by atoms with Gasteiger partial charge in [0.15, 0.2) is 0 Å². The van der Waals surface area contributed by atoms with Crippen molar-refractivity contribution >= 4 is 6.21 Å². The van der Waals surface area contributed by atoms with Gasteiger partial charge in [-0.25, -0.2) is 0 Å². The summed E-state index contributed by atoms with van der Waals surface area (Å²) in [5, 5.41) is 23.3. The molecule has 0 radical (unpaired) electrons. The van der Waals surface area contributed by atoms with Gasteiger partial charge in [-0.1, -0.05) is 115 Å². The third-order valence-corrected chi connectivity index (χ3v) is 8.30. The summed E-state index contributed by atoms with van der Waals surface area (Å²) in [6.45, 7) is 0. The van der Waals surface area contributed by atoms with Crippen LogP contribution in [0.25, 0.3) is 0 Å². The Morgan fingerprint density at radius 3 is 1.78 bits per heavy atom. The number of hydrogen-bond donors (Lipinski definition) is 2. The number of phenolic OH excluding ortho intramolecular Hbond substituents is 1. The Balaban J connectivity index is 1.43. The fourth-order valence-electron chi connectivity index (χ4n) is 5.93. The Morgan fingerprint density at radius 1 is 0.634 bits per heavy atom. The van der Waals surface area contributed by atoms with Gasteiger partial charge in [-0.3, -0.25) is 4.99 Å². The Labute approximate surface area is 242 Å². The van der Waals surface area contributed by atoms with Crippen molar-refractivity contribution in [3.05, 3.63) is 172 Å². The molecule has 4 bridgehead atoms. The molecule has 41 heavy (non-hydrogen) atoms. The number of aryl methyl sites for hydroxylation is 4. The summed E-state index contributed by atoms with van der Waals surface area (Å²) < 4.78 is 0. The number of hydrogen-bond acceptors (Lipinski definition) is 3. The van der Waals surface area contributed by atoms with Crippen LogP contribution in [0.15, 0.2) is 132 Å². The van der Waals surface area contributed by atoms with Gasteiger partial charge in [0.1, 0.15) is 11.4 Å². The van der Waals surface area contributed by atoms with Gasteiger partial charge in [0.05, 0.1) is 6.04 Å². The zero-order valence-electron chi connectivity index (χ0n) is 23.2. The summed E-state index contributed by atoms with van der Waals surface area (Å²) in [7, 11) is 0. The first-order valence-corrected chi connectivity index (χ1v) is 14.4. The van der Waals surface area contributed by atoms with Gasteiger partial charge < -0.3 is 10.2 Å². The molecule has 0 heterocycles. The molecule has 0 saturated carbocycles. The van der Waals surface area contributed by atoms with Gasteiger partial charge in [0, 0.05) is 6.21 Å². The third-order valence-electron chi connectivity index (χ3n) is 8.30. The van der Waals surface area contributed by atoms with E-state index in [0.29, 0.717) is 12.2 Å². The largest absolute Gasteiger partial charge is 0.508 e. The highest BCUT2D eigenvalue weighted by Crippen LogP contribution is 2.36. The number of aliphatic imine (C=N–C) groups is 1. The number of aromatic hydroxyl groups is 1. The first-order chi connectivity index (χ1) is 20.1. The van der Waals surface area contributed by atoms with E-state index in [2.05, 4.69) is 42.5 Å². The van der Waals surface area contributed by atoms with Crippen molar-refractivity contribution in [2.75, 3.05) is 0 Å². The SMILES string of the molecule is Oc1cc2ccc1CCc1ccc(cc1C=N[C@@H](Cc1ccccc1)C(O)(c1ccccc1)c1ccccc1)CC2. The maximum absolute atomic E-state index is 12.7. The van der Waals surface area contributed by atoms with E-state index in [0.717, 1.165) is 59.1 Å². The Kier molecular flexibility index (Phi) is 7.80. The van der Waals surface area contributed by atoms with Crippen LogP contribution in [-0.4, -0.2) is 22.5 Å². The summed E-state index contributed by atoms with van der Waals surface area (Å²) in [5.74, 6) is 0.381. The van der Waals surface area contributed by atoms with Gasteiger partial charge in [-0.2, -0.15) is 0 Å². The number of nitrogens with zero attached hydrogens (tertiary/aromatic N) is 1. The monoisotopic (exact) mass is 537 g/mol. The van der Waals surface area contributed by atoms with Gasteiger partial charge in [0.25, 0.3) is 0 Å². The van der Waals surface area contributed by atoms with Gasteiger partial charge in [0.2, 0.25) is 0 Å². The summed E-state index contributed by atoms with van der Waals surface area (Å²) in [6, 6.07) is 42.4. The van der Waals surface area contributed by atoms with Crippen LogP contribution in [0.3, 0.4) is 0 Å². The van der Waals surface area contributed by atoms with Crippen LogP contribution in [0.5, 0.6) is 5.75 Å². The van der Waals surface area contributed by atoms with E-state index in [1.54, 1.807) is 0 Å². The predicted octanol–water partition coefficient (Wildman–Crippen LogP) is 7.24. The molecule has 0 aliphatic heterocycles. The molecule has 0 aromatic heterocycles. The molecule has 3 nitrogen and oxygen atoms in total. The fraction of sp³-hybridized carbons (Fsp3) is 0.184. The molecule has 5 aromatic carbocycles. The second-order valence-electron chi connectivity index (χ2n) is 11.0. The molecule has 204 valence electrons. The summed E-state index contributed by atoms with van der Waals surface area (Å²) in [6.07, 6.45) is 5.83. The van der Waals surface area contributed by atoms with Crippen LogP contribution >= 0.6 is 0 Å². The van der Waals surface area contributed by atoms with Crippen LogP contribution in [0, 0.1) is 0 Å². The van der Waals surface area contributed by atoms with E-state index >= 15 is 0 Å². The van der Waals surface area contributed by atoms with E-state index in [-0.39, 0.29) is 0 Å². The van der Waals surface area contributed by atoms with Crippen LogP contribution in [0.1, 0.15) is 44.5 Å². The molecule has 0 saturated heterocycles. The van der Waals surface area contributed by atoms with Crippen molar-refractivity contribution in [3.8, 4) is 5.75 Å². The molecule has 0 spiro atoms. The van der Waals surface area contributed by atoms with Gasteiger partial charge >= 0.3 is 0 Å². The van der Waals surface area contributed by atoms with Crippen LogP contribution in [-0.2, 0) is 37.7 Å². The molecular weight excluding hydrogens is 502 g/mol. The minimum absolute atomic E-state index is 0.381. The normalized spacial score (nSPS) is 14.1. The maximum Gasteiger partial charge on any atom is 0.137 e. The van der Waals surface area contributed by atoms with E-state index in [1.165, 1.54) is 11.1 Å². The number of benzene rings is 5. The second-order valence-corrected chi connectivity index (χ2v) is 11.0. The zero-order valence-corrected chi connectivity index (χ0v) is 23.2. The summed E-state index contributed by atoms with van der Waals surface area (Å²) in [4.78, 5) is 5.22. The highest BCUT2D eigenvalue weighted by atomic mass is 16.3. The van der Waals surface area contributed by atoms with Gasteiger partial charge in [-0.15, -0.1) is 0 Å². The first-order valence-electron chi connectivity index (χ1n) is 14.4. The fourth-order valence-corrected chi connectivity index (χ4v) is 5.93. The van der Waals surface area contributed by atoms with Crippen molar-refractivity contribution in [3.63, 3.8) is 0 Å². The highest BCUT2D eigenvalue weighted by Gasteiger charge is 2.40. The van der Waals surface area contributed by atoms with Crippen molar-refractivity contribution < 1.29 is 10.2 Å². The molecule has 0 fully saturated rings. The summed E-state index contributed by atoms with van der Waals surface area (Å²) in [5.41, 5.74) is 7.02. The molecule has 1 atom stereocenters. The molecule has 3 heteroatoms. The second kappa shape index (κ2) is 12.0. The average molecular weight is 538 g/mol.